The van der Waals surface area contributed by atoms with E-state index in [-0.39, 0.29) is 5.91 Å². The molecule has 0 saturated heterocycles. The maximum atomic E-state index is 11.3. The molecule has 0 aromatic heterocycles. The minimum absolute atomic E-state index is 0.102. The fraction of sp³-hybridized carbons (Fsp3) is 0.917. The Hall–Kier alpha value is -0.610. The molecule has 96 valence electrons. The molecule has 0 saturated carbocycles. The van der Waals surface area contributed by atoms with Crippen molar-refractivity contribution in [2.45, 2.75) is 39.0 Å². The van der Waals surface area contributed by atoms with Gasteiger partial charge in [-0.25, -0.2) is 0 Å². The van der Waals surface area contributed by atoms with E-state index in [1.165, 1.54) is 0 Å². The Kier molecular flexibility index (Phi) is 12.0. The van der Waals surface area contributed by atoms with Gasteiger partial charge in [0.2, 0.25) is 5.91 Å². The average molecular weight is 230 g/mol. The molecule has 0 aliphatic carbocycles. The second-order valence-corrected chi connectivity index (χ2v) is 3.93. The number of rotatable bonds is 11. The number of hydrogen-bond donors (Lipinski definition) is 2. The normalized spacial score (nSPS) is 10.4. The Labute approximate surface area is 99.1 Å². The molecule has 0 fully saturated rings. The summed E-state index contributed by atoms with van der Waals surface area (Å²) in [6.45, 7) is 5.09. The van der Waals surface area contributed by atoms with E-state index in [9.17, 15) is 4.79 Å². The molecule has 1 amide bonds. The van der Waals surface area contributed by atoms with E-state index in [0.717, 1.165) is 51.8 Å². The summed E-state index contributed by atoms with van der Waals surface area (Å²) in [6.07, 6.45) is 5.53. The highest BCUT2D eigenvalue weighted by Crippen LogP contribution is 1.93. The molecule has 0 aliphatic heterocycles. The third-order valence-electron chi connectivity index (χ3n) is 2.34. The summed E-state index contributed by atoms with van der Waals surface area (Å²) in [5.74, 6) is 0.102. The van der Waals surface area contributed by atoms with Crippen molar-refractivity contribution in [2.75, 3.05) is 33.4 Å². The first-order valence-electron chi connectivity index (χ1n) is 6.27. The number of methoxy groups -OCH3 is 1. The van der Waals surface area contributed by atoms with Crippen LogP contribution in [0, 0.1) is 0 Å². The molecule has 16 heavy (non-hydrogen) atoms. The van der Waals surface area contributed by atoms with E-state index < -0.39 is 0 Å². The van der Waals surface area contributed by atoms with Gasteiger partial charge < -0.3 is 15.4 Å². The van der Waals surface area contributed by atoms with Crippen molar-refractivity contribution in [1.29, 1.82) is 0 Å². The fourth-order valence-electron chi connectivity index (χ4n) is 1.34. The molecule has 0 spiro atoms. The lowest BCUT2D eigenvalue weighted by atomic mass is 10.2. The third-order valence-corrected chi connectivity index (χ3v) is 2.34. The summed E-state index contributed by atoms with van der Waals surface area (Å²) in [6, 6.07) is 0. The highest BCUT2D eigenvalue weighted by Gasteiger charge is 1.98. The van der Waals surface area contributed by atoms with Crippen LogP contribution in [0.4, 0.5) is 0 Å². The lowest BCUT2D eigenvalue weighted by Crippen LogP contribution is -2.34. The number of carbonyl (C=O) groups is 1. The summed E-state index contributed by atoms with van der Waals surface area (Å²) >= 11 is 0. The number of unbranched alkanes of at least 4 members (excludes halogenated alkanes) is 3. The quantitative estimate of drug-likeness (QED) is 0.526. The van der Waals surface area contributed by atoms with Gasteiger partial charge in [0.15, 0.2) is 0 Å². The van der Waals surface area contributed by atoms with Crippen molar-refractivity contribution in [3.63, 3.8) is 0 Å². The van der Waals surface area contributed by atoms with Gasteiger partial charge in [-0.3, -0.25) is 4.79 Å². The molecule has 0 aliphatic rings. The van der Waals surface area contributed by atoms with E-state index >= 15 is 0 Å². The summed E-state index contributed by atoms with van der Waals surface area (Å²) in [5.41, 5.74) is 0. The smallest absolute Gasteiger partial charge is 0.233 e. The van der Waals surface area contributed by atoms with Crippen molar-refractivity contribution in [3.8, 4) is 0 Å². The molecule has 0 atom stereocenters. The second kappa shape index (κ2) is 12.5. The molecule has 0 aromatic carbocycles. The molecule has 0 heterocycles. The van der Waals surface area contributed by atoms with Crippen LogP contribution in [0.15, 0.2) is 0 Å². The predicted octanol–water partition coefficient (Wildman–Crippen LogP) is 1.31. The molecule has 0 bridgehead atoms. The summed E-state index contributed by atoms with van der Waals surface area (Å²) in [5, 5.41) is 6.01. The number of amides is 1. The molecular weight excluding hydrogens is 204 g/mol. The van der Waals surface area contributed by atoms with Crippen molar-refractivity contribution >= 4 is 5.91 Å². The van der Waals surface area contributed by atoms with Crippen LogP contribution in [0.25, 0.3) is 0 Å². The lowest BCUT2D eigenvalue weighted by molar-refractivity contribution is -0.120. The predicted molar refractivity (Wildman–Crippen MR) is 66.5 cm³/mol. The summed E-state index contributed by atoms with van der Waals surface area (Å²) in [7, 11) is 1.72. The van der Waals surface area contributed by atoms with Crippen LogP contribution in [0.3, 0.4) is 0 Å². The molecular formula is C12H26N2O2. The Morgan fingerprint density at radius 2 is 1.94 bits per heavy atom. The van der Waals surface area contributed by atoms with E-state index in [1.54, 1.807) is 7.11 Å². The van der Waals surface area contributed by atoms with Gasteiger partial charge in [-0.05, 0) is 32.2 Å². The Morgan fingerprint density at radius 3 is 2.62 bits per heavy atom. The Bertz CT molecular complexity index is 163. The van der Waals surface area contributed by atoms with E-state index in [4.69, 9.17) is 4.74 Å². The molecule has 4 nitrogen and oxygen atoms in total. The molecule has 4 heteroatoms. The van der Waals surface area contributed by atoms with Gasteiger partial charge in [0.05, 0.1) is 6.54 Å². The topological polar surface area (TPSA) is 50.4 Å². The minimum Gasteiger partial charge on any atom is -0.385 e. The first-order valence-corrected chi connectivity index (χ1v) is 6.27. The van der Waals surface area contributed by atoms with Crippen LogP contribution in [0.1, 0.15) is 39.0 Å². The van der Waals surface area contributed by atoms with Gasteiger partial charge in [-0.15, -0.1) is 0 Å². The van der Waals surface area contributed by atoms with Gasteiger partial charge in [-0.1, -0.05) is 13.3 Å². The monoisotopic (exact) mass is 230 g/mol. The maximum absolute atomic E-state index is 11.3. The maximum Gasteiger partial charge on any atom is 0.233 e. The van der Waals surface area contributed by atoms with Gasteiger partial charge in [0, 0.05) is 20.3 Å². The Morgan fingerprint density at radius 1 is 1.12 bits per heavy atom. The van der Waals surface area contributed by atoms with Crippen LogP contribution in [0.5, 0.6) is 0 Å². The van der Waals surface area contributed by atoms with E-state index in [2.05, 4.69) is 17.6 Å². The third kappa shape index (κ3) is 11.5. The highest BCUT2D eigenvalue weighted by molar-refractivity contribution is 5.77. The van der Waals surface area contributed by atoms with Crippen LogP contribution in [-0.2, 0) is 9.53 Å². The van der Waals surface area contributed by atoms with Gasteiger partial charge in [0.1, 0.15) is 0 Å². The standard InChI is InChI=1S/C12H26N2O2/c1-3-4-9-14-12(15)11-13-8-6-5-7-10-16-2/h13H,3-11H2,1-2H3,(H,14,15). The fourth-order valence-corrected chi connectivity index (χ4v) is 1.34. The van der Waals surface area contributed by atoms with Gasteiger partial charge >= 0.3 is 0 Å². The lowest BCUT2D eigenvalue weighted by Gasteiger charge is -2.06. The van der Waals surface area contributed by atoms with Crippen molar-refractivity contribution < 1.29 is 9.53 Å². The van der Waals surface area contributed by atoms with E-state index in [0.29, 0.717) is 6.54 Å². The summed E-state index contributed by atoms with van der Waals surface area (Å²) in [4.78, 5) is 11.3. The molecule has 0 unspecified atom stereocenters. The zero-order valence-electron chi connectivity index (χ0n) is 10.7. The zero-order valence-corrected chi connectivity index (χ0v) is 10.7. The highest BCUT2D eigenvalue weighted by atomic mass is 16.5. The minimum atomic E-state index is 0.102. The first-order chi connectivity index (χ1) is 7.81. The SMILES string of the molecule is CCCCNC(=O)CNCCCCCOC. The number of hydrogen-bond acceptors (Lipinski definition) is 3. The summed E-state index contributed by atoms with van der Waals surface area (Å²) < 4.78 is 4.96. The van der Waals surface area contributed by atoms with Crippen LogP contribution in [0.2, 0.25) is 0 Å². The van der Waals surface area contributed by atoms with Crippen LogP contribution in [-0.4, -0.2) is 39.3 Å². The zero-order chi connectivity index (χ0) is 12.1. The van der Waals surface area contributed by atoms with Crippen molar-refractivity contribution in [3.05, 3.63) is 0 Å². The molecule has 0 rings (SSSR count). The van der Waals surface area contributed by atoms with Gasteiger partial charge in [-0.2, -0.15) is 0 Å². The van der Waals surface area contributed by atoms with Crippen molar-refractivity contribution in [2.24, 2.45) is 0 Å². The number of carbonyl (C=O) groups excluding carboxylic acids is 1. The molecule has 2 N–H and O–H groups in total. The second-order valence-electron chi connectivity index (χ2n) is 3.93. The Balaban J connectivity index is 3.09. The largest absolute Gasteiger partial charge is 0.385 e. The van der Waals surface area contributed by atoms with Crippen molar-refractivity contribution in [1.82, 2.24) is 10.6 Å². The molecule has 0 aromatic rings. The van der Waals surface area contributed by atoms with E-state index in [1.807, 2.05) is 0 Å². The molecule has 0 radical (unpaired) electrons. The average Bonchev–Trinajstić information content (AvgIpc) is 2.28. The number of ether oxygens (including phenoxy) is 1. The first kappa shape index (κ1) is 15.4. The van der Waals surface area contributed by atoms with Crippen LogP contribution < -0.4 is 10.6 Å². The number of nitrogens with one attached hydrogen (secondary N) is 2. The van der Waals surface area contributed by atoms with Gasteiger partial charge in [0.25, 0.3) is 0 Å². The van der Waals surface area contributed by atoms with Crippen LogP contribution >= 0.6 is 0 Å².